The van der Waals surface area contributed by atoms with Gasteiger partial charge in [-0.1, -0.05) is 48.5 Å². The van der Waals surface area contributed by atoms with Gasteiger partial charge in [0.05, 0.1) is 12.2 Å². The van der Waals surface area contributed by atoms with E-state index in [4.69, 9.17) is 12.2 Å². The third-order valence-corrected chi connectivity index (χ3v) is 4.22. The van der Waals surface area contributed by atoms with E-state index >= 15 is 0 Å². The number of rotatable bonds is 3. The summed E-state index contributed by atoms with van der Waals surface area (Å²) in [7, 11) is 0. The molecule has 0 saturated heterocycles. The number of anilines is 1. The van der Waals surface area contributed by atoms with E-state index in [0.29, 0.717) is 17.0 Å². The second-order valence-corrected chi connectivity index (χ2v) is 5.84. The fourth-order valence-electron chi connectivity index (χ4n) is 2.78. The van der Waals surface area contributed by atoms with E-state index in [2.05, 4.69) is 10.1 Å². The Labute approximate surface area is 143 Å². The molecule has 2 aromatic carbocycles. The van der Waals surface area contributed by atoms with E-state index in [1.165, 1.54) is 4.68 Å². The molecular weight excluding hydrogens is 320 g/mol. The number of imidazole rings is 1. The van der Waals surface area contributed by atoms with Crippen molar-refractivity contribution in [2.75, 3.05) is 4.90 Å². The molecule has 0 atom stereocenters. The Morgan fingerprint density at radius 3 is 2.54 bits per heavy atom. The number of aromatic nitrogens is 2. The predicted molar refractivity (Wildman–Crippen MR) is 95.6 cm³/mol. The summed E-state index contributed by atoms with van der Waals surface area (Å²) >= 11 is 5.17. The molecule has 3 aromatic rings. The Bertz CT molecular complexity index is 987. The fourth-order valence-corrected chi connectivity index (χ4v) is 2.95. The van der Waals surface area contributed by atoms with Crippen LogP contribution in [0.4, 0.5) is 5.69 Å². The zero-order valence-electron chi connectivity index (χ0n) is 12.7. The zero-order valence-corrected chi connectivity index (χ0v) is 13.5. The number of carbonyl (C=O) groups is 1. The van der Waals surface area contributed by atoms with Crippen LogP contribution in [-0.2, 0) is 11.3 Å². The molecule has 0 unspecified atom stereocenters. The Hall–Kier alpha value is -2.99. The van der Waals surface area contributed by atoms with Crippen molar-refractivity contribution >= 4 is 29.5 Å². The van der Waals surface area contributed by atoms with E-state index in [1.807, 2.05) is 54.6 Å². The SMILES string of the molecule is O=C1C(=Nn2cc[nH]c2=S)c2ccccc2N1Cc1ccccc1. The van der Waals surface area contributed by atoms with Crippen molar-refractivity contribution in [3.63, 3.8) is 0 Å². The maximum absolute atomic E-state index is 12.9. The topological polar surface area (TPSA) is 53.4 Å². The summed E-state index contributed by atoms with van der Waals surface area (Å²) in [6, 6.07) is 17.6. The van der Waals surface area contributed by atoms with Gasteiger partial charge in [0.1, 0.15) is 0 Å². The third-order valence-electron chi connectivity index (χ3n) is 3.92. The first-order valence-corrected chi connectivity index (χ1v) is 7.95. The number of para-hydroxylation sites is 1. The summed E-state index contributed by atoms with van der Waals surface area (Å²) in [5.41, 5.74) is 3.16. The molecule has 1 aliphatic rings. The van der Waals surface area contributed by atoms with Crippen LogP contribution in [-0.4, -0.2) is 21.3 Å². The van der Waals surface area contributed by atoms with Crippen LogP contribution in [0.25, 0.3) is 0 Å². The fraction of sp³-hybridized carbons (Fsp3) is 0.0556. The molecule has 24 heavy (non-hydrogen) atoms. The Kier molecular flexibility index (Phi) is 3.59. The molecule has 118 valence electrons. The number of nitrogens with one attached hydrogen (secondary N) is 1. The highest BCUT2D eigenvalue weighted by molar-refractivity contribution is 7.71. The molecule has 0 bridgehead atoms. The van der Waals surface area contributed by atoms with Gasteiger partial charge in [-0.2, -0.15) is 5.10 Å². The summed E-state index contributed by atoms with van der Waals surface area (Å²) in [5.74, 6) is -0.122. The number of fused-ring (bicyclic) bond motifs is 1. The van der Waals surface area contributed by atoms with Crippen LogP contribution in [0, 0.1) is 4.77 Å². The van der Waals surface area contributed by atoms with E-state index in [1.54, 1.807) is 17.3 Å². The molecule has 1 aromatic heterocycles. The normalized spacial score (nSPS) is 15.1. The van der Waals surface area contributed by atoms with Crippen molar-refractivity contribution in [2.24, 2.45) is 5.10 Å². The minimum atomic E-state index is -0.122. The molecule has 1 amide bonds. The second-order valence-electron chi connectivity index (χ2n) is 5.45. The molecule has 0 aliphatic carbocycles. The molecule has 1 N–H and O–H groups in total. The standard InChI is InChI=1S/C18H14N4OS/c23-17-16(20-22-11-10-19-18(22)24)14-8-4-5-9-15(14)21(17)12-13-6-2-1-3-7-13/h1-11H,12H2,(H,19,24). The first-order valence-electron chi connectivity index (χ1n) is 7.54. The van der Waals surface area contributed by atoms with Crippen LogP contribution in [0.15, 0.2) is 72.1 Å². The summed E-state index contributed by atoms with van der Waals surface area (Å²) in [5, 5.41) is 4.44. The summed E-state index contributed by atoms with van der Waals surface area (Å²) in [6.07, 6.45) is 3.39. The predicted octanol–water partition coefficient (Wildman–Crippen LogP) is 3.34. The smallest absolute Gasteiger partial charge is 0.279 e. The number of carbonyl (C=O) groups excluding carboxylic acids is 1. The largest absolute Gasteiger partial charge is 0.336 e. The van der Waals surface area contributed by atoms with Gasteiger partial charge in [0.25, 0.3) is 5.91 Å². The average Bonchev–Trinajstić information content (AvgIpc) is 3.13. The molecule has 0 fully saturated rings. The van der Waals surface area contributed by atoms with Crippen LogP contribution < -0.4 is 4.90 Å². The van der Waals surface area contributed by atoms with Gasteiger partial charge in [-0.25, -0.2) is 4.68 Å². The average molecular weight is 334 g/mol. The molecule has 0 spiro atoms. The van der Waals surface area contributed by atoms with E-state index in [-0.39, 0.29) is 5.91 Å². The van der Waals surface area contributed by atoms with E-state index in [0.717, 1.165) is 16.8 Å². The highest BCUT2D eigenvalue weighted by Gasteiger charge is 2.34. The number of aromatic amines is 1. The second kappa shape index (κ2) is 5.90. The first-order chi connectivity index (χ1) is 11.7. The molecular formula is C18H14N4OS. The monoisotopic (exact) mass is 334 g/mol. The number of nitrogens with zero attached hydrogens (tertiary/aromatic N) is 3. The lowest BCUT2D eigenvalue weighted by molar-refractivity contribution is -0.112. The summed E-state index contributed by atoms with van der Waals surface area (Å²) in [6.45, 7) is 0.508. The molecule has 6 heteroatoms. The van der Waals surface area contributed by atoms with Gasteiger partial charge in [0.2, 0.25) is 0 Å². The van der Waals surface area contributed by atoms with Gasteiger partial charge in [0.15, 0.2) is 10.5 Å². The van der Waals surface area contributed by atoms with Gasteiger partial charge in [-0.15, -0.1) is 0 Å². The number of hydrogen-bond donors (Lipinski definition) is 1. The highest BCUT2D eigenvalue weighted by Crippen LogP contribution is 2.30. The molecule has 4 rings (SSSR count). The van der Waals surface area contributed by atoms with Crippen molar-refractivity contribution in [3.05, 3.63) is 82.9 Å². The molecule has 2 heterocycles. The van der Waals surface area contributed by atoms with Crippen molar-refractivity contribution < 1.29 is 4.79 Å². The van der Waals surface area contributed by atoms with E-state index in [9.17, 15) is 4.79 Å². The van der Waals surface area contributed by atoms with Gasteiger partial charge < -0.3 is 9.88 Å². The Morgan fingerprint density at radius 2 is 1.79 bits per heavy atom. The van der Waals surface area contributed by atoms with Gasteiger partial charge in [0, 0.05) is 18.0 Å². The lowest BCUT2D eigenvalue weighted by Gasteiger charge is -2.16. The quantitative estimate of drug-likeness (QED) is 0.747. The van der Waals surface area contributed by atoms with Crippen LogP contribution in [0.5, 0.6) is 0 Å². The van der Waals surface area contributed by atoms with Gasteiger partial charge in [-0.05, 0) is 23.8 Å². The maximum Gasteiger partial charge on any atom is 0.279 e. The summed E-state index contributed by atoms with van der Waals surface area (Å²) in [4.78, 5) is 17.6. The highest BCUT2D eigenvalue weighted by atomic mass is 32.1. The Morgan fingerprint density at radius 1 is 1.04 bits per heavy atom. The first kappa shape index (κ1) is 14.6. The van der Waals surface area contributed by atoms with Gasteiger partial charge >= 0.3 is 0 Å². The molecule has 0 saturated carbocycles. The molecule has 5 nitrogen and oxygen atoms in total. The van der Waals surface area contributed by atoms with Crippen LogP contribution in [0.2, 0.25) is 0 Å². The van der Waals surface area contributed by atoms with Crippen molar-refractivity contribution in [1.82, 2.24) is 9.66 Å². The number of amides is 1. The minimum absolute atomic E-state index is 0.122. The molecule has 0 radical (unpaired) electrons. The van der Waals surface area contributed by atoms with Crippen molar-refractivity contribution in [2.45, 2.75) is 6.54 Å². The van der Waals surface area contributed by atoms with Crippen LogP contribution >= 0.6 is 12.2 Å². The zero-order chi connectivity index (χ0) is 16.5. The van der Waals surface area contributed by atoms with Crippen molar-refractivity contribution in [3.8, 4) is 0 Å². The molecule has 1 aliphatic heterocycles. The van der Waals surface area contributed by atoms with E-state index < -0.39 is 0 Å². The van der Waals surface area contributed by atoms with Crippen molar-refractivity contribution in [1.29, 1.82) is 0 Å². The van der Waals surface area contributed by atoms with Crippen LogP contribution in [0.1, 0.15) is 11.1 Å². The lowest BCUT2D eigenvalue weighted by Crippen LogP contribution is -2.29. The number of hydrogen-bond acceptors (Lipinski definition) is 3. The lowest BCUT2D eigenvalue weighted by atomic mass is 10.1. The van der Waals surface area contributed by atoms with Crippen LogP contribution in [0.3, 0.4) is 0 Å². The van der Waals surface area contributed by atoms with Gasteiger partial charge in [-0.3, -0.25) is 4.79 Å². The summed E-state index contributed by atoms with van der Waals surface area (Å²) < 4.78 is 1.96. The maximum atomic E-state index is 12.9. The number of benzene rings is 2. The third kappa shape index (κ3) is 2.47. The Balaban J connectivity index is 1.78. The number of H-pyrrole nitrogens is 1. The minimum Gasteiger partial charge on any atom is -0.336 e.